The van der Waals surface area contributed by atoms with E-state index in [4.69, 9.17) is 4.74 Å². The molecule has 1 N–H and O–H groups in total. The molecule has 0 bridgehead atoms. The van der Waals surface area contributed by atoms with Crippen molar-refractivity contribution >= 4 is 0 Å². The van der Waals surface area contributed by atoms with Crippen molar-refractivity contribution in [2.24, 2.45) is 0 Å². The van der Waals surface area contributed by atoms with Crippen LogP contribution in [-0.4, -0.2) is 32.2 Å². The van der Waals surface area contributed by atoms with E-state index in [0.29, 0.717) is 12.6 Å². The van der Waals surface area contributed by atoms with Gasteiger partial charge in [-0.1, -0.05) is 13.0 Å². The fourth-order valence-corrected chi connectivity index (χ4v) is 1.25. The van der Waals surface area contributed by atoms with E-state index in [9.17, 15) is 8.78 Å². The summed E-state index contributed by atoms with van der Waals surface area (Å²) in [6.07, 6.45) is 2.12. The number of alkyl halides is 2. The summed E-state index contributed by atoms with van der Waals surface area (Å²) in [5, 5.41) is 3.32. The molecular weight excluding hydrogens is 200 g/mol. The standard InChI is InChI=1S/C11H21F2NO/c1-3-5-10(14-7-4-2)6-8-15-9-11(12)13/h3,10-11,14H,1,4-9H2,2H3. The van der Waals surface area contributed by atoms with Gasteiger partial charge in [-0.2, -0.15) is 0 Å². The predicted octanol–water partition coefficient (Wildman–Crippen LogP) is 2.60. The molecule has 0 saturated heterocycles. The molecule has 1 atom stereocenters. The zero-order chi connectivity index (χ0) is 11.5. The van der Waals surface area contributed by atoms with Crippen molar-refractivity contribution < 1.29 is 13.5 Å². The van der Waals surface area contributed by atoms with Crippen LogP contribution < -0.4 is 5.32 Å². The predicted molar refractivity (Wildman–Crippen MR) is 58.3 cm³/mol. The van der Waals surface area contributed by atoms with Gasteiger partial charge in [0.05, 0.1) is 0 Å². The zero-order valence-corrected chi connectivity index (χ0v) is 9.35. The van der Waals surface area contributed by atoms with Crippen LogP contribution in [0.4, 0.5) is 8.78 Å². The Labute approximate surface area is 90.7 Å². The first kappa shape index (κ1) is 14.5. The van der Waals surface area contributed by atoms with Gasteiger partial charge < -0.3 is 10.1 Å². The summed E-state index contributed by atoms with van der Waals surface area (Å²) in [6, 6.07) is 0.292. The average molecular weight is 221 g/mol. The molecular formula is C11H21F2NO. The Morgan fingerprint density at radius 1 is 1.47 bits per heavy atom. The van der Waals surface area contributed by atoms with Crippen LogP contribution in [0.3, 0.4) is 0 Å². The van der Waals surface area contributed by atoms with Crippen LogP contribution in [0.1, 0.15) is 26.2 Å². The van der Waals surface area contributed by atoms with Crippen molar-refractivity contribution in [3.8, 4) is 0 Å². The Bertz CT molecular complexity index is 154. The highest BCUT2D eigenvalue weighted by molar-refractivity contribution is 4.77. The first-order chi connectivity index (χ1) is 7.20. The molecule has 0 aromatic heterocycles. The van der Waals surface area contributed by atoms with Gasteiger partial charge in [0.15, 0.2) is 0 Å². The van der Waals surface area contributed by atoms with Gasteiger partial charge in [0.2, 0.25) is 0 Å². The molecule has 2 nitrogen and oxygen atoms in total. The van der Waals surface area contributed by atoms with Gasteiger partial charge >= 0.3 is 0 Å². The molecule has 0 rings (SSSR count). The summed E-state index contributed by atoms with van der Waals surface area (Å²) in [6.45, 7) is 6.60. The topological polar surface area (TPSA) is 21.3 Å². The van der Waals surface area contributed by atoms with Crippen LogP contribution >= 0.6 is 0 Å². The van der Waals surface area contributed by atoms with Crippen molar-refractivity contribution in [3.05, 3.63) is 12.7 Å². The summed E-state index contributed by atoms with van der Waals surface area (Å²) in [4.78, 5) is 0. The fraction of sp³-hybridized carbons (Fsp3) is 0.818. The van der Waals surface area contributed by atoms with Gasteiger partial charge in [-0.3, -0.25) is 0 Å². The molecule has 0 fully saturated rings. The Balaban J connectivity index is 3.51. The molecule has 0 aliphatic heterocycles. The molecule has 4 heteroatoms. The van der Waals surface area contributed by atoms with Gasteiger partial charge in [0, 0.05) is 12.6 Å². The second kappa shape index (κ2) is 10.1. The van der Waals surface area contributed by atoms with Gasteiger partial charge in [0.25, 0.3) is 6.43 Å². The molecule has 0 saturated carbocycles. The van der Waals surface area contributed by atoms with Crippen molar-refractivity contribution in [2.45, 2.75) is 38.7 Å². The minimum Gasteiger partial charge on any atom is -0.375 e. The van der Waals surface area contributed by atoms with Gasteiger partial charge in [-0.05, 0) is 25.8 Å². The highest BCUT2D eigenvalue weighted by atomic mass is 19.3. The summed E-state index contributed by atoms with van der Waals surface area (Å²) in [5.74, 6) is 0. The molecule has 15 heavy (non-hydrogen) atoms. The summed E-state index contributed by atoms with van der Waals surface area (Å²) < 4.78 is 28.3. The minimum absolute atomic E-state index is 0.292. The Morgan fingerprint density at radius 2 is 2.20 bits per heavy atom. The van der Waals surface area contributed by atoms with Crippen LogP contribution in [0.5, 0.6) is 0 Å². The summed E-state index contributed by atoms with van der Waals surface area (Å²) >= 11 is 0. The molecule has 0 spiro atoms. The summed E-state index contributed by atoms with van der Waals surface area (Å²) in [7, 11) is 0. The van der Waals surface area contributed by atoms with Crippen LogP contribution in [0.2, 0.25) is 0 Å². The van der Waals surface area contributed by atoms with Crippen molar-refractivity contribution in [1.29, 1.82) is 0 Å². The maximum Gasteiger partial charge on any atom is 0.261 e. The number of hydrogen-bond donors (Lipinski definition) is 1. The monoisotopic (exact) mass is 221 g/mol. The normalized spacial score (nSPS) is 13.1. The number of hydrogen-bond acceptors (Lipinski definition) is 2. The number of rotatable bonds is 10. The van der Waals surface area contributed by atoms with Crippen molar-refractivity contribution in [2.75, 3.05) is 19.8 Å². The van der Waals surface area contributed by atoms with Crippen LogP contribution in [-0.2, 0) is 4.74 Å². The third-order valence-corrected chi connectivity index (χ3v) is 1.99. The van der Waals surface area contributed by atoms with E-state index in [1.54, 1.807) is 0 Å². The average Bonchev–Trinajstić information content (AvgIpc) is 2.20. The summed E-state index contributed by atoms with van der Waals surface area (Å²) in [5.41, 5.74) is 0. The first-order valence-electron chi connectivity index (χ1n) is 5.40. The van der Waals surface area contributed by atoms with Gasteiger partial charge in [-0.15, -0.1) is 6.58 Å². The van der Waals surface area contributed by atoms with Crippen molar-refractivity contribution in [3.63, 3.8) is 0 Å². The highest BCUT2D eigenvalue weighted by Gasteiger charge is 2.06. The van der Waals surface area contributed by atoms with Crippen LogP contribution in [0, 0.1) is 0 Å². The second-order valence-electron chi connectivity index (χ2n) is 3.43. The Morgan fingerprint density at radius 3 is 2.73 bits per heavy atom. The molecule has 0 aromatic carbocycles. The van der Waals surface area contributed by atoms with E-state index < -0.39 is 13.0 Å². The lowest BCUT2D eigenvalue weighted by Crippen LogP contribution is -2.30. The maximum atomic E-state index is 11.8. The van der Waals surface area contributed by atoms with E-state index in [1.807, 2.05) is 6.08 Å². The smallest absolute Gasteiger partial charge is 0.261 e. The lowest BCUT2D eigenvalue weighted by atomic mass is 10.1. The lowest BCUT2D eigenvalue weighted by molar-refractivity contribution is 0.0145. The molecule has 0 aliphatic carbocycles. The second-order valence-corrected chi connectivity index (χ2v) is 3.43. The molecule has 1 unspecified atom stereocenters. The largest absolute Gasteiger partial charge is 0.375 e. The van der Waals surface area contributed by atoms with E-state index in [0.717, 1.165) is 25.8 Å². The minimum atomic E-state index is -2.37. The SMILES string of the molecule is C=CCC(CCOCC(F)F)NCCC. The molecule has 0 aromatic rings. The zero-order valence-electron chi connectivity index (χ0n) is 9.35. The molecule has 0 aliphatic rings. The van der Waals surface area contributed by atoms with Gasteiger partial charge in [0.1, 0.15) is 6.61 Å². The van der Waals surface area contributed by atoms with E-state index >= 15 is 0 Å². The third kappa shape index (κ3) is 9.82. The van der Waals surface area contributed by atoms with Crippen LogP contribution in [0.25, 0.3) is 0 Å². The third-order valence-electron chi connectivity index (χ3n) is 1.99. The van der Waals surface area contributed by atoms with E-state index in [2.05, 4.69) is 18.8 Å². The van der Waals surface area contributed by atoms with Crippen molar-refractivity contribution in [1.82, 2.24) is 5.32 Å². The quantitative estimate of drug-likeness (QED) is 0.452. The Hall–Kier alpha value is -0.480. The molecule has 0 amide bonds. The first-order valence-corrected chi connectivity index (χ1v) is 5.40. The number of ether oxygens (including phenoxy) is 1. The fourth-order valence-electron chi connectivity index (χ4n) is 1.25. The van der Waals surface area contributed by atoms with E-state index in [1.165, 1.54) is 0 Å². The maximum absolute atomic E-state index is 11.8. The lowest BCUT2D eigenvalue weighted by Gasteiger charge is -2.16. The Kier molecular flexibility index (Phi) is 9.73. The molecule has 0 heterocycles. The van der Waals surface area contributed by atoms with Gasteiger partial charge in [-0.25, -0.2) is 8.78 Å². The van der Waals surface area contributed by atoms with Crippen LogP contribution in [0.15, 0.2) is 12.7 Å². The van der Waals surface area contributed by atoms with E-state index in [-0.39, 0.29) is 0 Å². The number of halogens is 2. The number of nitrogens with one attached hydrogen (secondary N) is 1. The molecule has 90 valence electrons. The highest BCUT2D eigenvalue weighted by Crippen LogP contribution is 2.01. The molecule has 0 radical (unpaired) electrons.